The zero-order valence-electron chi connectivity index (χ0n) is 11.1. The molecule has 0 saturated carbocycles. The number of aromatic amines is 1. The van der Waals surface area contributed by atoms with Crippen molar-refractivity contribution in [2.75, 3.05) is 13.1 Å². The first-order chi connectivity index (χ1) is 9.31. The predicted molar refractivity (Wildman–Crippen MR) is 70.4 cm³/mol. The summed E-state index contributed by atoms with van der Waals surface area (Å²) in [6.45, 7) is 4.98. The lowest BCUT2D eigenvalue weighted by molar-refractivity contribution is 0.199. The molecule has 6 nitrogen and oxygen atoms in total. The molecule has 0 unspecified atom stereocenters. The van der Waals surface area contributed by atoms with Gasteiger partial charge in [-0.05, 0) is 32.9 Å². The van der Waals surface area contributed by atoms with Gasteiger partial charge in [-0.25, -0.2) is 4.98 Å². The summed E-state index contributed by atoms with van der Waals surface area (Å²) in [5.74, 6) is 1.54. The average Bonchev–Trinajstić information content (AvgIpc) is 2.96. The Balaban J connectivity index is 1.54. The summed E-state index contributed by atoms with van der Waals surface area (Å²) >= 11 is 0. The summed E-state index contributed by atoms with van der Waals surface area (Å²) in [7, 11) is 0. The van der Waals surface area contributed by atoms with Crippen LogP contribution in [0.3, 0.4) is 0 Å². The Morgan fingerprint density at radius 3 is 2.68 bits per heavy atom. The molecule has 3 heterocycles. The highest BCUT2D eigenvalue weighted by Gasteiger charge is 2.22. The Bertz CT molecular complexity index is 498. The van der Waals surface area contributed by atoms with Crippen LogP contribution in [-0.4, -0.2) is 43.1 Å². The second-order valence-electron chi connectivity index (χ2n) is 5.07. The van der Waals surface area contributed by atoms with E-state index < -0.39 is 0 Å². The summed E-state index contributed by atoms with van der Waals surface area (Å²) in [5, 5.41) is 6.90. The van der Waals surface area contributed by atoms with Crippen LogP contribution in [0.5, 0.6) is 0 Å². The van der Waals surface area contributed by atoms with E-state index in [0.29, 0.717) is 5.92 Å². The maximum atomic E-state index is 4.41. The van der Waals surface area contributed by atoms with Crippen LogP contribution in [0, 0.1) is 6.92 Å². The number of H-pyrrole nitrogens is 1. The third-order valence-corrected chi connectivity index (χ3v) is 3.63. The zero-order valence-corrected chi connectivity index (χ0v) is 11.1. The quantitative estimate of drug-likeness (QED) is 0.898. The molecule has 0 radical (unpaired) electrons. The van der Waals surface area contributed by atoms with Crippen LogP contribution < -0.4 is 0 Å². The Morgan fingerprint density at radius 2 is 2.05 bits per heavy atom. The Kier molecular flexibility index (Phi) is 3.50. The minimum atomic E-state index is 0.517. The maximum Gasteiger partial charge on any atom is 0.137 e. The first-order valence-electron chi connectivity index (χ1n) is 6.66. The molecule has 3 rings (SSSR count). The fourth-order valence-corrected chi connectivity index (χ4v) is 2.51. The summed E-state index contributed by atoms with van der Waals surface area (Å²) in [5.41, 5.74) is 2.01. The van der Waals surface area contributed by atoms with Crippen molar-refractivity contribution in [3.05, 3.63) is 35.9 Å². The van der Waals surface area contributed by atoms with Crippen molar-refractivity contribution in [1.29, 1.82) is 0 Å². The van der Waals surface area contributed by atoms with E-state index in [4.69, 9.17) is 0 Å². The summed E-state index contributed by atoms with van der Waals surface area (Å²) in [4.78, 5) is 15.4. The van der Waals surface area contributed by atoms with Gasteiger partial charge < -0.3 is 0 Å². The summed E-state index contributed by atoms with van der Waals surface area (Å²) < 4.78 is 0. The molecule has 2 aromatic rings. The normalized spacial score (nSPS) is 17.7. The van der Waals surface area contributed by atoms with Crippen LogP contribution in [0.15, 0.2) is 18.7 Å². The monoisotopic (exact) mass is 258 g/mol. The minimum Gasteiger partial charge on any atom is -0.297 e. The van der Waals surface area contributed by atoms with Crippen LogP contribution in [0.1, 0.15) is 36.0 Å². The van der Waals surface area contributed by atoms with Gasteiger partial charge in [-0.15, -0.1) is 0 Å². The van der Waals surface area contributed by atoms with E-state index >= 15 is 0 Å². The third kappa shape index (κ3) is 2.96. The largest absolute Gasteiger partial charge is 0.297 e. The molecule has 0 spiro atoms. The number of hydrogen-bond donors (Lipinski definition) is 1. The van der Waals surface area contributed by atoms with Gasteiger partial charge in [0.15, 0.2) is 0 Å². The molecule has 1 aliphatic heterocycles. The molecule has 0 aromatic carbocycles. The lowest BCUT2D eigenvalue weighted by Crippen LogP contribution is -2.33. The number of nitrogens with zero attached hydrogens (tertiary/aromatic N) is 5. The highest BCUT2D eigenvalue weighted by molar-refractivity contribution is 5.02. The number of aromatic nitrogens is 5. The van der Waals surface area contributed by atoms with Crippen LogP contribution in [0.2, 0.25) is 0 Å². The van der Waals surface area contributed by atoms with Crippen molar-refractivity contribution in [2.45, 2.75) is 32.2 Å². The predicted octanol–water partition coefficient (Wildman–Crippen LogP) is 1.28. The minimum absolute atomic E-state index is 0.517. The molecule has 6 heteroatoms. The molecule has 1 aliphatic rings. The van der Waals surface area contributed by atoms with Crippen molar-refractivity contribution in [3.8, 4) is 0 Å². The van der Waals surface area contributed by atoms with Gasteiger partial charge in [-0.1, -0.05) is 0 Å². The van der Waals surface area contributed by atoms with Gasteiger partial charge in [-0.3, -0.25) is 20.0 Å². The smallest absolute Gasteiger partial charge is 0.137 e. The molecule has 0 amide bonds. The number of likely N-dealkylation sites (tertiary alicyclic amines) is 1. The van der Waals surface area contributed by atoms with E-state index in [2.05, 4.69) is 30.0 Å². The first kappa shape index (κ1) is 12.2. The molecule has 1 fully saturated rings. The highest BCUT2D eigenvalue weighted by Crippen LogP contribution is 2.25. The molecule has 1 saturated heterocycles. The van der Waals surface area contributed by atoms with Gasteiger partial charge in [0, 0.05) is 24.9 Å². The van der Waals surface area contributed by atoms with Crippen molar-refractivity contribution in [2.24, 2.45) is 0 Å². The van der Waals surface area contributed by atoms with E-state index in [-0.39, 0.29) is 0 Å². The van der Waals surface area contributed by atoms with E-state index in [1.807, 2.05) is 19.3 Å². The second-order valence-corrected chi connectivity index (χ2v) is 5.07. The lowest BCUT2D eigenvalue weighted by atomic mass is 9.96. The first-order valence-corrected chi connectivity index (χ1v) is 6.66. The number of aryl methyl sites for hydroxylation is 1. The number of rotatable bonds is 3. The fourth-order valence-electron chi connectivity index (χ4n) is 2.51. The Hall–Kier alpha value is -1.82. The maximum absolute atomic E-state index is 4.41. The molecule has 100 valence electrons. The van der Waals surface area contributed by atoms with Crippen LogP contribution in [0.25, 0.3) is 0 Å². The number of nitrogens with one attached hydrogen (secondary N) is 1. The Morgan fingerprint density at radius 1 is 1.21 bits per heavy atom. The highest BCUT2D eigenvalue weighted by atomic mass is 15.2. The SMILES string of the molecule is Cc1cnc(CN2CCC(c3ncn[nH]3)CC2)cn1. The van der Waals surface area contributed by atoms with Crippen molar-refractivity contribution < 1.29 is 0 Å². The molecular formula is C13H18N6. The fraction of sp³-hybridized carbons (Fsp3) is 0.538. The van der Waals surface area contributed by atoms with Gasteiger partial charge in [0.1, 0.15) is 12.2 Å². The number of hydrogen-bond acceptors (Lipinski definition) is 5. The standard InChI is InChI=1S/C13H18N6/c1-10-6-15-12(7-14-10)8-19-4-2-11(3-5-19)13-16-9-17-18-13/h6-7,9,11H,2-5,8H2,1H3,(H,16,17,18). The average molecular weight is 258 g/mol. The van der Waals surface area contributed by atoms with Gasteiger partial charge in [0.25, 0.3) is 0 Å². The zero-order chi connectivity index (χ0) is 13.1. The van der Waals surface area contributed by atoms with E-state index in [0.717, 1.165) is 49.7 Å². The Labute approximate surface area is 112 Å². The summed E-state index contributed by atoms with van der Waals surface area (Å²) in [6, 6.07) is 0. The van der Waals surface area contributed by atoms with Crippen LogP contribution in [-0.2, 0) is 6.54 Å². The van der Waals surface area contributed by atoms with Crippen molar-refractivity contribution >= 4 is 0 Å². The third-order valence-electron chi connectivity index (χ3n) is 3.63. The van der Waals surface area contributed by atoms with Gasteiger partial charge in [-0.2, -0.15) is 5.10 Å². The van der Waals surface area contributed by atoms with Crippen LogP contribution >= 0.6 is 0 Å². The van der Waals surface area contributed by atoms with E-state index in [9.17, 15) is 0 Å². The number of piperidine rings is 1. The topological polar surface area (TPSA) is 70.6 Å². The second kappa shape index (κ2) is 5.44. The molecule has 2 aromatic heterocycles. The lowest BCUT2D eigenvalue weighted by Gasteiger charge is -2.30. The van der Waals surface area contributed by atoms with Crippen molar-refractivity contribution in [3.63, 3.8) is 0 Å². The van der Waals surface area contributed by atoms with Crippen molar-refractivity contribution in [1.82, 2.24) is 30.0 Å². The molecule has 1 N–H and O–H groups in total. The van der Waals surface area contributed by atoms with Gasteiger partial charge >= 0.3 is 0 Å². The van der Waals surface area contributed by atoms with E-state index in [1.165, 1.54) is 0 Å². The van der Waals surface area contributed by atoms with Gasteiger partial charge in [0.2, 0.25) is 0 Å². The van der Waals surface area contributed by atoms with E-state index in [1.54, 1.807) is 6.33 Å². The summed E-state index contributed by atoms with van der Waals surface area (Å²) in [6.07, 6.45) is 7.53. The van der Waals surface area contributed by atoms with Crippen LogP contribution in [0.4, 0.5) is 0 Å². The molecule has 0 aliphatic carbocycles. The molecule has 0 atom stereocenters. The molecular weight excluding hydrogens is 240 g/mol. The van der Waals surface area contributed by atoms with Gasteiger partial charge in [0.05, 0.1) is 11.4 Å². The molecule has 19 heavy (non-hydrogen) atoms. The molecule has 0 bridgehead atoms.